The number of nitrogens with one attached hydrogen (secondary N) is 1. The number of halogens is 3. The first kappa shape index (κ1) is 28.5. The van der Waals surface area contributed by atoms with Gasteiger partial charge in [0.05, 0.1) is 7.11 Å². The maximum Gasteiger partial charge on any atom is 0.573 e. The van der Waals surface area contributed by atoms with Gasteiger partial charge in [0.2, 0.25) is 5.91 Å². The Morgan fingerprint density at radius 3 is 2.30 bits per heavy atom. The molecule has 4 rings (SSSR count). The van der Waals surface area contributed by atoms with E-state index in [4.69, 9.17) is 4.74 Å². The molecule has 1 heterocycles. The number of ether oxygens (including phenoxy) is 3. The van der Waals surface area contributed by atoms with E-state index in [1.54, 1.807) is 53.4 Å². The van der Waals surface area contributed by atoms with Crippen LogP contribution in [-0.4, -0.2) is 55.3 Å². The van der Waals surface area contributed by atoms with E-state index < -0.39 is 18.2 Å². The number of nitrogens with zero attached hydrogens (tertiary/aromatic N) is 1. The Morgan fingerprint density at radius 2 is 1.62 bits per heavy atom. The zero-order valence-corrected chi connectivity index (χ0v) is 21.6. The first-order chi connectivity index (χ1) is 19.1. The molecule has 0 bridgehead atoms. The lowest BCUT2D eigenvalue weighted by molar-refractivity contribution is -0.274. The van der Waals surface area contributed by atoms with Crippen LogP contribution in [0.2, 0.25) is 0 Å². The van der Waals surface area contributed by atoms with E-state index in [9.17, 15) is 27.6 Å². The van der Waals surface area contributed by atoms with Gasteiger partial charge in [0, 0.05) is 43.2 Å². The number of alkyl halides is 3. The Kier molecular flexibility index (Phi) is 8.93. The third-order valence-corrected chi connectivity index (χ3v) is 6.28. The molecule has 0 saturated carbocycles. The monoisotopic (exact) mass is 556 g/mol. The van der Waals surface area contributed by atoms with Crippen LogP contribution >= 0.6 is 0 Å². The standard InChI is InChI=1S/C29H27F3N2O6/c1-38-27(36)18-26(35)34-15-13-21(14-16-34)39-23-6-4-5-20(17-23)33-28(37)25-8-3-2-7-24(25)19-9-11-22(12-10-19)40-29(30,31)32/h2-12,17,21H,13-16,18H2,1H3,(H,33,37). The molecule has 1 aliphatic rings. The Bertz CT molecular complexity index is 1350. The molecule has 0 atom stereocenters. The number of anilines is 1. The molecule has 8 nitrogen and oxygen atoms in total. The molecular weight excluding hydrogens is 529 g/mol. The van der Waals surface area contributed by atoms with Crippen LogP contribution in [0.25, 0.3) is 11.1 Å². The second-order valence-corrected chi connectivity index (χ2v) is 9.05. The topological polar surface area (TPSA) is 94.2 Å². The number of amides is 2. The number of piperidine rings is 1. The Labute approximate surface area is 228 Å². The van der Waals surface area contributed by atoms with Crippen LogP contribution in [0.15, 0.2) is 72.8 Å². The van der Waals surface area contributed by atoms with E-state index in [-0.39, 0.29) is 24.2 Å². The van der Waals surface area contributed by atoms with E-state index >= 15 is 0 Å². The van der Waals surface area contributed by atoms with Crippen LogP contribution in [-0.2, 0) is 14.3 Å². The van der Waals surface area contributed by atoms with Gasteiger partial charge in [-0.2, -0.15) is 0 Å². The van der Waals surface area contributed by atoms with Crippen molar-refractivity contribution in [2.75, 3.05) is 25.5 Å². The molecule has 1 N–H and O–H groups in total. The van der Waals surface area contributed by atoms with Gasteiger partial charge < -0.3 is 24.4 Å². The number of methoxy groups -OCH3 is 1. The summed E-state index contributed by atoms with van der Waals surface area (Å²) in [5, 5.41) is 2.85. The Morgan fingerprint density at radius 1 is 0.925 bits per heavy atom. The normalized spacial score (nSPS) is 13.8. The summed E-state index contributed by atoms with van der Waals surface area (Å²) in [6, 6.07) is 19.0. The number of carbonyl (C=O) groups excluding carboxylic acids is 3. The zero-order valence-electron chi connectivity index (χ0n) is 21.6. The highest BCUT2D eigenvalue weighted by Gasteiger charge is 2.31. The summed E-state index contributed by atoms with van der Waals surface area (Å²) in [4.78, 5) is 38.3. The fourth-order valence-corrected chi connectivity index (χ4v) is 4.34. The van der Waals surface area contributed by atoms with Crippen molar-refractivity contribution in [2.45, 2.75) is 31.7 Å². The van der Waals surface area contributed by atoms with E-state index in [1.165, 1.54) is 31.4 Å². The lowest BCUT2D eigenvalue weighted by Crippen LogP contribution is -2.42. The van der Waals surface area contributed by atoms with Crippen molar-refractivity contribution >= 4 is 23.5 Å². The summed E-state index contributed by atoms with van der Waals surface area (Å²) in [5.74, 6) is -1.06. The van der Waals surface area contributed by atoms with Crippen molar-refractivity contribution in [3.63, 3.8) is 0 Å². The molecule has 0 spiro atoms. The summed E-state index contributed by atoms with van der Waals surface area (Å²) >= 11 is 0. The molecule has 1 fully saturated rings. The molecule has 0 unspecified atom stereocenters. The smallest absolute Gasteiger partial charge is 0.490 e. The molecule has 3 aromatic rings. The predicted octanol–water partition coefficient (Wildman–Crippen LogP) is 5.44. The summed E-state index contributed by atoms with van der Waals surface area (Å²) < 4.78 is 52.0. The lowest BCUT2D eigenvalue weighted by Gasteiger charge is -2.32. The molecule has 0 aliphatic carbocycles. The van der Waals surface area contributed by atoms with Crippen molar-refractivity contribution in [1.82, 2.24) is 4.90 Å². The summed E-state index contributed by atoms with van der Waals surface area (Å²) in [7, 11) is 1.24. The van der Waals surface area contributed by atoms with Gasteiger partial charge in [0.1, 0.15) is 24.0 Å². The summed E-state index contributed by atoms with van der Waals surface area (Å²) in [5.41, 5.74) is 1.92. The average Bonchev–Trinajstić information content (AvgIpc) is 2.93. The van der Waals surface area contributed by atoms with Crippen molar-refractivity contribution in [2.24, 2.45) is 0 Å². The number of esters is 1. The molecule has 0 radical (unpaired) electrons. The van der Waals surface area contributed by atoms with Crippen molar-refractivity contribution < 1.29 is 41.8 Å². The molecule has 1 saturated heterocycles. The first-order valence-corrected chi connectivity index (χ1v) is 12.5. The third kappa shape index (κ3) is 7.75. The Balaban J connectivity index is 1.38. The van der Waals surface area contributed by atoms with Gasteiger partial charge in [-0.05, 0) is 41.5 Å². The average molecular weight is 557 g/mol. The number of benzene rings is 3. The van der Waals surface area contributed by atoms with Crippen molar-refractivity contribution in [3.8, 4) is 22.6 Å². The molecule has 2 amide bonds. The van der Waals surface area contributed by atoms with E-state index in [0.29, 0.717) is 54.1 Å². The molecule has 40 heavy (non-hydrogen) atoms. The minimum atomic E-state index is -4.79. The second kappa shape index (κ2) is 12.5. The SMILES string of the molecule is COC(=O)CC(=O)N1CCC(Oc2cccc(NC(=O)c3ccccc3-c3ccc(OC(F)(F)F)cc3)c2)CC1. The summed E-state index contributed by atoms with van der Waals surface area (Å²) in [6.45, 7) is 0.911. The van der Waals surface area contributed by atoms with Gasteiger partial charge in [-0.1, -0.05) is 36.4 Å². The molecule has 210 valence electrons. The maximum absolute atomic E-state index is 13.2. The van der Waals surface area contributed by atoms with Crippen molar-refractivity contribution in [1.29, 1.82) is 0 Å². The molecule has 3 aromatic carbocycles. The summed E-state index contributed by atoms with van der Waals surface area (Å²) in [6.07, 6.45) is -4.05. The highest BCUT2D eigenvalue weighted by Crippen LogP contribution is 2.29. The first-order valence-electron chi connectivity index (χ1n) is 12.5. The number of hydrogen-bond donors (Lipinski definition) is 1. The quantitative estimate of drug-likeness (QED) is 0.294. The molecule has 1 aliphatic heterocycles. The number of hydrogen-bond acceptors (Lipinski definition) is 6. The van der Waals surface area contributed by atoms with E-state index in [1.807, 2.05) is 0 Å². The van der Waals surface area contributed by atoms with Crippen LogP contribution in [0, 0.1) is 0 Å². The third-order valence-electron chi connectivity index (χ3n) is 6.28. The Hall–Kier alpha value is -4.54. The highest BCUT2D eigenvalue weighted by molar-refractivity contribution is 6.08. The largest absolute Gasteiger partial charge is 0.573 e. The van der Waals surface area contributed by atoms with Gasteiger partial charge in [-0.3, -0.25) is 14.4 Å². The van der Waals surface area contributed by atoms with E-state index in [0.717, 1.165) is 0 Å². The van der Waals surface area contributed by atoms with Crippen LogP contribution in [0.4, 0.5) is 18.9 Å². The van der Waals surface area contributed by atoms with Crippen LogP contribution in [0.3, 0.4) is 0 Å². The molecule has 11 heteroatoms. The fourth-order valence-electron chi connectivity index (χ4n) is 4.34. The van der Waals surface area contributed by atoms with Crippen LogP contribution in [0.5, 0.6) is 11.5 Å². The van der Waals surface area contributed by atoms with E-state index in [2.05, 4.69) is 14.8 Å². The predicted molar refractivity (Wildman–Crippen MR) is 140 cm³/mol. The van der Waals surface area contributed by atoms with Gasteiger partial charge in [-0.25, -0.2) is 0 Å². The zero-order chi connectivity index (χ0) is 28.7. The highest BCUT2D eigenvalue weighted by atomic mass is 19.4. The minimum Gasteiger partial charge on any atom is -0.490 e. The molecular formula is C29H27F3N2O6. The van der Waals surface area contributed by atoms with Crippen LogP contribution < -0.4 is 14.8 Å². The molecule has 0 aromatic heterocycles. The maximum atomic E-state index is 13.2. The number of likely N-dealkylation sites (tertiary alicyclic amines) is 1. The van der Waals surface area contributed by atoms with Gasteiger partial charge in [0.25, 0.3) is 5.91 Å². The number of carbonyl (C=O) groups is 3. The fraction of sp³-hybridized carbons (Fsp3) is 0.276. The second-order valence-electron chi connectivity index (χ2n) is 9.05. The van der Waals surface area contributed by atoms with Crippen molar-refractivity contribution in [3.05, 3.63) is 78.4 Å². The van der Waals surface area contributed by atoms with Crippen LogP contribution in [0.1, 0.15) is 29.6 Å². The minimum absolute atomic E-state index is 0.141. The van der Waals surface area contributed by atoms with Gasteiger partial charge in [-0.15, -0.1) is 13.2 Å². The van der Waals surface area contributed by atoms with Gasteiger partial charge in [0.15, 0.2) is 0 Å². The lowest BCUT2D eigenvalue weighted by atomic mass is 9.99. The number of rotatable bonds is 8. The van der Waals surface area contributed by atoms with Gasteiger partial charge >= 0.3 is 12.3 Å².